The Hall–Kier alpha value is -0.610. The Kier molecular flexibility index (Phi) is 5.65. The SMILES string of the molecule is CCOC(=O)CC1CCOCC1OCC. The summed E-state index contributed by atoms with van der Waals surface area (Å²) >= 11 is 0. The Labute approximate surface area is 90.9 Å². The number of rotatable bonds is 5. The Morgan fingerprint density at radius 3 is 2.87 bits per heavy atom. The molecule has 2 atom stereocenters. The van der Waals surface area contributed by atoms with Gasteiger partial charge in [0.05, 0.1) is 25.7 Å². The van der Waals surface area contributed by atoms with E-state index in [9.17, 15) is 4.79 Å². The summed E-state index contributed by atoms with van der Waals surface area (Å²) < 4.78 is 15.8. The van der Waals surface area contributed by atoms with Crippen LogP contribution in [0.3, 0.4) is 0 Å². The molecule has 0 N–H and O–H groups in total. The van der Waals surface area contributed by atoms with Gasteiger partial charge >= 0.3 is 5.97 Å². The number of esters is 1. The van der Waals surface area contributed by atoms with Gasteiger partial charge in [-0.2, -0.15) is 0 Å². The van der Waals surface area contributed by atoms with Gasteiger partial charge in [0.1, 0.15) is 0 Å². The molecule has 2 unspecified atom stereocenters. The quantitative estimate of drug-likeness (QED) is 0.651. The molecule has 0 amide bonds. The van der Waals surface area contributed by atoms with E-state index in [4.69, 9.17) is 14.2 Å². The van der Waals surface area contributed by atoms with Crippen LogP contribution in [0.1, 0.15) is 26.7 Å². The van der Waals surface area contributed by atoms with E-state index in [0.717, 1.165) is 6.42 Å². The molecule has 1 aliphatic rings. The number of ether oxygens (including phenoxy) is 3. The molecular weight excluding hydrogens is 196 g/mol. The van der Waals surface area contributed by atoms with Crippen LogP contribution in [0, 0.1) is 5.92 Å². The van der Waals surface area contributed by atoms with E-state index in [0.29, 0.717) is 32.8 Å². The minimum absolute atomic E-state index is 0.0492. The summed E-state index contributed by atoms with van der Waals surface area (Å²) in [6, 6.07) is 0. The van der Waals surface area contributed by atoms with Gasteiger partial charge in [0.15, 0.2) is 0 Å². The van der Waals surface area contributed by atoms with Gasteiger partial charge in [-0.3, -0.25) is 4.79 Å². The van der Waals surface area contributed by atoms with E-state index in [1.807, 2.05) is 13.8 Å². The normalized spacial score (nSPS) is 26.3. The predicted molar refractivity (Wildman–Crippen MR) is 55.6 cm³/mol. The van der Waals surface area contributed by atoms with E-state index < -0.39 is 0 Å². The molecule has 1 fully saturated rings. The Balaban J connectivity index is 2.38. The second-order valence-electron chi connectivity index (χ2n) is 3.63. The van der Waals surface area contributed by atoms with Crippen molar-refractivity contribution in [3.05, 3.63) is 0 Å². The van der Waals surface area contributed by atoms with Crippen molar-refractivity contribution in [3.8, 4) is 0 Å². The average molecular weight is 216 g/mol. The third-order valence-electron chi connectivity index (χ3n) is 2.56. The summed E-state index contributed by atoms with van der Waals surface area (Å²) in [6.07, 6.45) is 1.37. The van der Waals surface area contributed by atoms with Gasteiger partial charge in [-0.05, 0) is 26.2 Å². The molecule has 0 saturated carbocycles. The van der Waals surface area contributed by atoms with Crippen LogP contribution in [-0.4, -0.2) is 38.5 Å². The van der Waals surface area contributed by atoms with Gasteiger partial charge in [0, 0.05) is 13.2 Å². The van der Waals surface area contributed by atoms with Crippen LogP contribution >= 0.6 is 0 Å². The van der Waals surface area contributed by atoms with Crippen LogP contribution in [0.15, 0.2) is 0 Å². The first kappa shape index (κ1) is 12.5. The third kappa shape index (κ3) is 4.18. The number of carbonyl (C=O) groups excluding carboxylic acids is 1. The van der Waals surface area contributed by atoms with Crippen LogP contribution in [0.25, 0.3) is 0 Å². The average Bonchev–Trinajstić information content (AvgIpc) is 2.21. The van der Waals surface area contributed by atoms with Crippen molar-refractivity contribution in [2.24, 2.45) is 5.92 Å². The molecule has 0 spiro atoms. The fourth-order valence-electron chi connectivity index (χ4n) is 1.82. The van der Waals surface area contributed by atoms with E-state index in [1.54, 1.807) is 0 Å². The molecule has 1 rings (SSSR count). The van der Waals surface area contributed by atoms with Crippen LogP contribution in [0.2, 0.25) is 0 Å². The van der Waals surface area contributed by atoms with Gasteiger partial charge in [0.25, 0.3) is 0 Å². The Bertz CT molecular complexity index is 191. The maximum absolute atomic E-state index is 11.3. The zero-order chi connectivity index (χ0) is 11.1. The van der Waals surface area contributed by atoms with Crippen molar-refractivity contribution in [2.45, 2.75) is 32.8 Å². The second-order valence-corrected chi connectivity index (χ2v) is 3.63. The molecule has 1 heterocycles. The van der Waals surface area contributed by atoms with Crippen molar-refractivity contribution < 1.29 is 19.0 Å². The molecule has 0 aromatic carbocycles. The van der Waals surface area contributed by atoms with Gasteiger partial charge in [-0.25, -0.2) is 0 Å². The van der Waals surface area contributed by atoms with E-state index in [2.05, 4.69) is 0 Å². The first-order valence-electron chi connectivity index (χ1n) is 5.62. The lowest BCUT2D eigenvalue weighted by Crippen LogP contribution is -2.36. The highest BCUT2D eigenvalue weighted by Gasteiger charge is 2.28. The molecule has 0 aromatic rings. The lowest BCUT2D eigenvalue weighted by molar-refractivity contribution is -0.148. The zero-order valence-corrected chi connectivity index (χ0v) is 9.53. The van der Waals surface area contributed by atoms with E-state index >= 15 is 0 Å². The fourth-order valence-corrected chi connectivity index (χ4v) is 1.82. The van der Waals surface area contributed by atoms with Crippen molar-refractivity contribution in [1.29, 1.82) is 0 Å². The zero-order valence-electron chi connectivity index (χ0n) is 9.53. The predicted octanol–water partition coefficient (Wildman–Crippen LogP) is 1.38. The standard InChI is InChI=1S/C11H20O4/c1-3-14-10-8-13-6-5-9(10)7-11(12)15-4-2/h9-10H,3-8H2,1-2H3. The minimum Gasteiger partial charge on any atom is -0.466 e. The summed E-state index contributed by atoms with van der Waals surface area (Å²) in [6.45, 7) is 6.19. The fraction of sp³-hybridized carbons (Fsp3) is 0.909. The minimum atomic E-state index is -0.130. The third-order valence-corrected chi connectivity index (χ3v) is 2.56. The van der Waals surface area contributed by atoms with Gasteiger partial charge in [0.2, 0.25) is 0 Å². The summed E-state index contributed by atoms with van der Waals surface area (Å²) in [7, 11) is 0. The highest BCUT2D eigenvalue weighted by Crippen LogP contribution is 2.22. The summed E-state index contributed by atoms with van der Waals surface area (Å²) in [5.41, 5.74) is 0. The Morgan fingerprint density at radius 1 is 1.40 bits per heavy atom. The Morgan fingerprint density at radius 2 is 2.20 bits per heavy atom. The monoisotopic (exact) mass is 216 g/mol. The van der Waals surface area contributed by atoms with E-state index in [-0.39, 0.29) is 18.0 Å². The molecule has 0 bridgehead atoms. The number of hydrogen-bond acceptors (Lipinski definition) is 4. The molecule has 0 aromatic heterocycles. The second kappa shape index (κ2) is 6.80. The molecule has 1 aliphatic heterocycles. The van der Waals surface area contributed by atoms with Gasteiger partial charge in [-0.15, -0.1) is 0 Å². The molecule has 15 heavy (non-hydrogen) atoms. The van der Waals surface area contributed by atoms with Crippen LogP contribution in [0.5, 0.6) is 0 Å². The van der Waals surface area contributed by atoms with Crippen molar-refractivity contribution in [3.63, 3.8) is 0 Å². The summed E-state index contributed by atoms with van der Waals surface area (Å²) in [5.74, 6) is 0.117. The maximum atomic E-state index is 11.3. The lowest BCUT2D eigenvalue weighted by atomic mass is 9.94. The molecular formula is C11H20O4. The topological polar surface area (TPSA) is 44.8 Å². The number of carbonyl (C=O) groups is 1. The summed E-state index contributed by atoms with van der Waals surface area (Å²) in [4.78, 5) is 11.3. The van der Waals surface area contributed by atoms with Gasteiger partial charge < -0.3 is 14.2 Å². The molecule has 0 aliphatic carbocycles. The first-order chi connectivity index (χ1) is 7.27. The molecule has 88 valence electrons. The van der Waals surface area contributed by atoms with Crippen molar-refractivity contribution >= 4 is 5.97 Å². The number of hydrogen-bond donors (Lipinski definition) is 0. The maximum Gasteiger partial charge on any atom is 0.306 e. The lowest BCUT2D eigenvalue weighted by Gasteiger charge is -2.30. The smallest absolute Gasteiger partial charge is 0.306 e. The molecule has 4 heteroatoms. The first-order valence-corrected chi connectivity index (χ1v) is 5.62. The summed E-state index contributed by atoms with van der Waals surface area (Å²) in [5, 5.41) is 0. The van der Waals surface area contributed by atoms with Gasteiger partial charge in [-0.1, -0.05) is 0 Å². The largest absolute Gasteiger partial charge is 0.466 e. The van der Waals surface area contributed by atoms with Crippen molar-refractivity contribution in [1.82, 2.24) is 0 Å². The molecule has 1 saturated heterocycles. The highest BCUT2D eigenvalue weighted by atomic mass is 16.5. The van der Waals surface area contributed by atoms with Crippen LogP contribution < -0.4 is 0 Å². The van der Waals surface area contributed by atoms with Crippen LogP contribution in [-0.2, 0) is 19.0 Å². The van der Waals surface area contributed by atoms with Crippen molar-refractivity contribution in [2.75, 3.05) is 26.4 Å². The molecule has 0 radical (unpaired) electrons. The highest BCUT2D eigenvalue weighted by molar-refractivity contribution is 5.69. The van der Waals surface area contributed by atoms with Crippen LogP contribution in [0.4, 0.5) is 0 Å². The van der Waals surface area contributed by atoms with E-state index in [1.165, 1.54) is 0 Å². The molecule has 4 nitrogen and oxygen atoms in total.